The van der Waals surface area contributed by atoms with Crippen LogP contribution in [0.1, 0.15) is 0 Å². The molecule has 28 heavy (non-hydrogen) atoms. The molecule has 0 amide bonds. The molecule has 4 heteroatoms. The molecule has 3 N–H and O–H groups in total. The first-order valence-electron chi connectivity index (χ1n) is 8.93. The van der Waals surface area contributed by atoms with E-state index in [1.807, 2.05) is 60.8 Å². The molecule has 1 heterocycles. The molecule has 1 aromatic heterocycles. The molecule has 0 aliphatic carbocycles. The molecule has 3 nitrogen and oxygen atoms in total. The number of aromatic nitrogens is 1. The van der Waals surface area contributed by atoms with Gasteiger partial charge >= 0.3 is 0 Å². The largest absolute Gasteiger partial charge is 0.507 e. The van der Waals surface area contributed by atoms with Gasteiger partial charge in [-0.25, -0.2) is 0 Å². The van der Waals surface area contributed by atoms with Crippen molar-refractivity contribution in [3.8, 4) is 33.9 Å². The summed E-state index contributed by atoms with van der Waals surface area (Å²) in [6.45, 7) is 0. The summed E-state index contributed by atoms with van der Waals surface area (Å²) in [7, 11) is 0. The van der Waals surface area contributed by atoms with Gasteiger partial charge in [0.05, 0.1) is 0 Å². The van der Waals surface area contributed by atoms with Gasteiger partial charge in [0.2, 0.25) is 0 Å². The van der Waals surface area contributed by atoms with Crippen LogP contribution in [-0.2, 0) is 0 Å². The van der Waals surface area contributed by atoms with E-state index in [1.165, 1.54) is 0 Å². The van der Waals surface area contributed by atoms with Crippen LogP contribution in [0.25, 0.3) is 43.9 Å². The second-order valence-electron chi connectivity index (χ2n) is 6.80. The average molecular weight is 430 g/mol. The molecule has 0 saturated carbocycles. The highest BCUT2D eigenvalue weighted by molar-refractivity contribution is 9.10. The Bertz CT molecular complexity index is 1340. The lowest BCUT2D eigenvalue weighted by molar-refractivity contribution is 0.470. The van der Waals surface area contributed by atoms with Crippen LogP contribution in [0.5, 0.6) is 11.5 Å². The number of nitrogens with one attached hydrogen (secondary N) is 1. The van der Waals surface area contributed by atoms with E-state index in [0.717, 1.165) is 37.3 Å². The Kier molecular flexibility index (Phi) is 3.88. The quantitative estimate of drug-likeness (QED) is 0.288. The highest BCUT2D eigenvalue weighted by Gasteiger charge is 2.17. The predicted molar refractivity (Wildman–Crippen MR) is 118 cm³/mol. The summed E-state index contributed by atoms with van der Waals surface area (Å²) < 4.78 is 0.967. The zero-order chi connectivity index (χ0) is 19.3. The number of fused-ring (bicyclic) bond motifs is 2. The van der Waals surface area contributed by atoms with Crippen LogP contribution in [0.4, 0.5) is 0 Å². The van der Waals surface area contributed by atoms with E-state index in [2.05, 4.69) is 27.0 Å². The Morgan fingerprint density at radius 1 is 0.679 bits per heavy atom. The topological polar surface area (TPSA) is 56.2 Å². The summed E-state index contributed by atoms with van der Waals surface area (Å²) in [4.78, 5) is 3.22. The van der Waals surface area contributed by atoms with Gasteiger partial charge in [0.1, 0.15) is 11.5 Å². The number of phenols is 2. The number of H-pyrrole nitrogens is 1. The van der Waals surface area contributed by atoms with Crippen molar-refractivity contribution in [2.45, 2.75) is 0 Å². The molecular formula is C24H16BrNO2. The third kappa shape index (κ3) is 2.65. The highest BCUT2D eigenvalue weighted by atomic mass is 79.9. The van der Waals surface area contributed by atoms with Gasteiger partial charge in [-0.15, -0.1) is 0 Å². The van der Waals surface area contributed by atoms with Crippen LogP contribution in [0.2, 0.25) is 0 Å². The monoisotopic (exact) mass is 429 g/mol. The Labute approximate surface area is 170 Å². The summed E-state index contributed by atoms with van der Waals surface area (Å²) in [6.07, 6.45) is 1.90. The maximum atomic E-state index is 10.7. The minimum absolute atomic E-state index is 0.144. The molecule has 0 spiro atoms. The fourth-order valence-electron chi connectivity index (χ4n) is 3.81. The van der Waals surface area contributed by atoms with E-state index in [9.17, 15) is 10.2 Å². The minimum atomic E-state index is 0.144. The fourth-order valence-corrected chi connectivity index (χ4v) is 4.19. The second-order valence-corrected chi connectivity index (χ2v) is 7.72. The lowest BCUT2D eigenvalue weighted by Crippen LogP contribution is -1.88. The van der Waals surface area contributed by atoms with Crippen LogP contribution in [0.3, 0.4) is 0 Å². The normalized spacial score (nSPS) is 11.3. The zero-order valence-electron chi connectivity index (χ0n) is 14.8. The molecule has 0 aliphatic rings. The Balaban J connectivity index is 1.83. The summed E-state index contributed by atoms with van der Waals surface area (Å²) in [6, 6.07) is 23.1. The third-order valence-corrected chi connectivity index (χ3v) is 5.61. The molecule has 0 atom stereocenters. The van der Waals surface area contributed by atoms with E-state index in [0.29, 0.717) is 11.1 Å². The highest BCUT2D eigenvalue weighted by Crippen LogP contribution is 2.45. The van der Waals surface area contributed by atoms with Gasteiger partial charge in [0.25, 0.3) is 0 Å². The van der Waals surface area contributed by atoms with E-state index < -0.39 is 0 Å². The minimum Gasteiger partial charge on any atom is -0.507 e. The number of hydrogen-bond acceptors (Lipinski definition) is 2. The van der Waals surface area contributed by atoms with E-state index >= 15 is 0 Å². The number of hydrogen-bond donors (Lipinski definition) is 3. The number of phenolic OH excluding ortho intramolecular Hbond substituents is 2. The lowest BCUT2D eigenvalue weighted by Gasteiger charge is -2.15. The summed E-state index contributed by atoms with van der Waals surface area (Å²) in [5.41, 5.74) is 3.39. The third-order valence-electron chi connectivity index (χ3n) is 5.12. The summed E-state index contributed by atoms with van der Waals surface area (Å²) >= 11 is 3.50. The first-order valence-corrected chi connectivity index (χ1v) is 9.72. The van der Waals surface area contributed by atoms with Gasteiger partial charge in [0, 0.05) is 27.5 Å². The van der Waals surface area contributed by atoms with Crippen molar-refractivity contribution < 1.29 is 10.2 Å². The lowest BCUT2D eigenvalue weighted by atomic mass is 9.91. The Morgan fingerprint density at radius 2 is 1.32 bits per heavy atom. The Hall–Kier alpha value is -3.24. The fraction of sp³-hybridized carbons (Fsp3) is 0. The van der Waals surface area contributed by atoms with E-state index in [4.69, 9.17) is 0 Å². The van der Waals surface area contributed by atoms with Crippen molar-refractivity contribution in [3.63, 3.8) is 0 Å². The predicted octanol–water partition coefficient (Wildman–Crippen LogP) is 6.83. The van der Waals surface area contributed by atoms with Gasteiger partial charge in [0.15, 0.2) is 0 Å². The van der Waals surface area contributed by atoms with Gasteiger partial charge in [-0.3, -0.25) is 0 Å². The molecule has 0 radical (unpaired) electrons. The van der Waals surface area contributed by atoms with Crippen LogP contribution in [0, 0.1) is 0 Å². The molecular weight excluding hydrogens is 414 g/mol. The molecule has 0 fully saturated rings. The molecule has 0 saturated heterocycles. The zero-order valence-corrected chi connectivity index (χ0v) is 16.4. The van der Waals surface area contributed by atoms with Crippen molar-refractivity contribution in [3.05, 3.63) is 83.5 Å². The summed E-state index contributed by atoms with van der Waals surface area (Å²) in [5.74, 6) is 0.289. The second kappa shape index (κ2) is 6.43. The molecule has 136 valence electrons. The first kappa shape index (κ1) is 16.9. The maximum Gasteiger partial charge on any atom is 0.124 e. The molecule has 5 aromatic rings. The van der Waals surface area contributed by atoms with E-state index in [1.54, 1.807) is 12.1 Å². The number of halogens is 1. The molecule has 0 bridgehead atoms. The smallest absolute Gasteiger partial charge is 0.124 e. The van der Waals surface area contributed by atoms with Gasteiger partial charge in [-0.1, -0.05) is 46.3 Å². The van der Waals surface area contributed by atoms with Gasteiger partial charge in [-0.2, -0.15) is 0 Å². The van der Waals surface area contributed by atoms with Crippen LogP contribution in [-0.4, -0.2) is 15.2 Å². The number of rotatable bonds is 2. The van der Waals surface area contributed by atoms with Crippen molar-refractivity contribution in [2.24, 2.45) is 0 Å². The molecule has 4 aromatic carbocycles. The number of aromatic hydroxyl groups is 2. The molecule has 0 unspecified atom stereocenters. The van der Waals surface area contributed by atoms with E-state index in [-0.39, 0.29) is 11.5 Å². The first-order chi connectivity index (χ1) is 13.6. The van der Waals surface area contributed by atoms with Crippen molar-refractivity contribution in [1.29, 1.82) is 0 Å². The van der Waals surface area contributed by atoms with Crippen molar-refractivity contribution in [2.75, 3.05) is 0 Å². The van der Waals surface area contributed by atoms with Crippen LogP contribution < -0.4 is 0 Å². The van der Waals surface area contributed by atoms with Gasteiger partial charge in [-0.05, 0) is 69.6 Å². The van der Waals surface area contributed by atoms with Crippen LogP contribution >= 0.6 is 15.9 Å². The summed E-state index contributed by atoms with van der Waals surface area (Å²) in [5, 5.41) is 25.2. The standard InChI is InChI=1S/C24H16BrNO2/c25-17-6-8-19-15(13-17)5-10-22(28)24(19)23-18-7-3-16(20-2-1-11-26-20)12-14(18)4-9-21(23)27/h1-13,26-28H. The van der Waals surface area contributed by atoms with Crippen molar-refractivity contribution >= 4 is 37.5 Å². The number of benzene rings is 4. The Morgan fingerprint density at radius 3 is 1.96 bits per heavy atom. The SMILES string of the molecule is Oc1ccc2cc(Br)ccc2c1-c1c(O)ccc2cc(-c3ccc[nH]3)ccc12. The maximum absolute atomic E-state index is 10.7. The van der Waals surface area contributed by atoms with Crippen molar-refractivity contribution in [1.82, 2.24) is 4.98 Å². The molecule has 0 aliphatic heterocycles. The molecule has 5 rings (SSSR count). The number of aromatic amines is 1. The average Bonchev–Trinajstić information content (AvgIpc) is 3.23. The van der Waals surface area contributed by atoms with Gasteiger partial charge < -0.3 is 15.2 Å². The van der Waals surface area contributed by atoms with Crippen LogP contribution in [0.15, 0.2) is 83.5 Å².